The van der Waals surface area contributed by atoms with Gasteiger partial charge in [0.15, 0.2) is 0 Å². The van der Waals surface area contributed by atoms with Gasteiger partial charge in [0.2, 0.25) is 5.95 Å². The van der Waals surface area contributed by atoms with Crippen molar-refractivity contribution in [1.29, 1.82) is 0 Å². The maximum absolute atomic E-state index is 14.3. The molecule has 1 N–H and O–H groups in total. The molecule has 0 aliphatic heterocycles. The van der Waals surface area contributed by atoms with Crippen LogP contribution in [0, 0.1) is 5.82 Å². The molecule has 4 rings (SSSR count). The Kier molecular flexibility index (Phi) is 4.59. The molecule has 0 radical (unpaired) electrons. The first kappa shape index (κ1) is 17.9. The van der Waals surface area contributed by atoms with E-state index in [9.17, 15) is 9.18 Å². The monoisotopic (exact) mass is 403 g/mol. The van der Waals surface area contributed by atoms with Gasteiger partial charge in [-0.3, -0.25) is 10.1 Å². The van der Waals surface area contributed by atoms with Crippen LogP contribution in [0.2, 0.25) is 5.02 Å². The normalized spacial score (nSPS) is 11.4. The molecule has 5 nitrogen and oxygen atoms in total. The molecule has 0 saturated carbocycles. The lowest BCUT2D eigenvalue weighted by Crippen LogP contribution is -2.15. The number of anilines is 1. The molecule has 2 heterocycles. The molecular formula is C19H15ClFN3O2S. The van der Waals surface area contributed by atoms with Crippen LogP contribution in [0.25, 0.3) is 21.1 Å². The van der Waals surface area contributed by atoms with Crippen LogP contribution in [0.4, 0.5) is 10.3 Å². The molecule has 0 bridgehead atoms. The van der Waals surface area contributed by atoms with Crippen molar-refractivity contribution in [2.75, 3.05) is 12.4 Å². The Hall–Kier alpha value is -2.48. The molecule has 1 amide bonds. The molecule has 138 valence electrons. The predicted octanol–water partition coefficient (Wildman–Crippen LogP) is 4.98. The molecule has 0 fully saturated rings. The minimum Gasteiger partial charge on any atom is -0.380 e. The van der Waals surface area contributed by atoms with Gasteiger partial charge >= 0.3 is 0 Å². The van der Waals surface area contributed by atoms with Crippen molar-refractivity contribution in [3.63, 3.8) is 0 Å². The first-order valence-electron chi connectivity index (χ1n) is 8.11. The summed E-state index contributed by atoms with van der Waals surface area (Å²) < 4.78 is 22.0. The summed E-state index contributed by atoms with van der Waals surface area (Å²) in [5.41, 5.74) is 2.06. The largest absolute Gasteiger partial charge is 0.380 e. The van der Waals surface area contributed by atoms with E-state index in [2.05, 4.69) is 10.3 Å². The lowest BCUT2D eigenvalue weighted by molar-refractivity contribution is 0.102. The van der Waals surface area contributed by atoms with Gasteiger partial charge in [0.25, 0.3) is 5.91 Å². The second-order valence-corrected chi connectivity index (χ2v) is 7.53. The quantitative estimate of drug-likeness (QED) is 0.523. The molecule has 2 aromatic heterocycles. The van der Waals surface area contributed by atoms with Gasteiger partial charge in [0, 0.05) is 34.8 Å². The molecular weight excluding hydrogens is 389 g/mol. The lowest BCUT2D eigenvalue weighted by atomic mass is 10.1. The predicted molar refractivity (Wildman–Crippen MR) is 106 cm³/mol. The SMILES string of the molecule is COCc1c(C(=O)Nc2nc3cc(Cl)ccc3n2C)sc2cccc(F)c12. The zero-order valence-electron chi connectivity index (χ0n) is 14.5. The molecule has 0 unspecified atom stereocenters. The Morgan fingerprint density at radius 2 is 2.19 bits per heavy atom. The third-order valence-electron chi connectivity index (χ3n) is 4.33. The van der Waals surface area contributed by atoms with Gasteiger partial charge in [0.05, 0.1) is 22.5 Å². The number of carbonyl (C=O) groups excluding carboxylic acids is 1. The number of imidazole rings is 1. The number of aromatic nitrogens is 2. The van der Waals surface area contributed by atoms with Crippen LogP contribution in [-0.2, 0) is 18.4 Å². The van der Waals surface area contributed by atoms with Gasteiger partial charge < -0.3 is 9.30 Å². The van der Waals surface area contributed by atoms with Gasteiger partial charge in [-0.15, -0.1) is 11.3 Å². The van der Waals surface area contributed by atoms with Crippen molar-refractivity contribution in [3.8, 4) is 0 Å². The summed E-state index contributed by atoms with van der Waals surface area (Å²) in [4.78, 5) is 17.8. The second-order valence-electron chi connectivity index (χ2n) is 6.04. The number of rotatable bonds is 4. The zero-order valence-corrected chi connectivity index (χ0v) is 16.1. The van der Waals surface area contributed by atoms with Crippen LogP contribution in [0.3, 0.4) is 0 Å². The van der Waals surface area contributed by atoms with E-state index in [-0.39, 0.29) is 18.3 Å². The minimum absolute atomic E-state index is 0.141. The first-order valence-corrected chi connectivity index (χ1v) is 9.31. The smallest absolute Gasteiger partial charge is 0.268 e. The standard InChI is InChI=1S/C19H15ClFN3O2S/c1-24-14-7-6-10(20)8-13(14)22-19(24)23-18(25)17-11(9-26-2)16-12(21)4-3-5-15(16)27-17/h3-8H,9H2,1-2H3,(H,22,23,25). The number of hydrogen-bond acceptors (Lipinski definition) is 4. The molecule has 0 saturated heterocycles. The van der Waals surface area contributed by atoms with Crippen LogP contribution in [0.15, 0.2) is 36.4 Å². The molecule has 2 aromatic carbocycles. The summed E-state index contributed by atoms with van der Waals surface area (Å²) in [5.74, 6) is -0.335. The van der Waals surface area contributed by atoms with Crippen LogP contribution < -0.4 is 5.32 Å². The van der Waals surface area contributed by atoms with Gasteiger partial charge in [-0.1, -0.05) is 17.7 Å². The summed E-state index contributed by atoms with van der Waals surface area (Å²) in [6.07, 6.45) is 0. The first-order chi connectivity index (χ1) is 13.0. The fourth-order valence-electron chi connectivity index (χ4n) is 3.08. The van der Waals surface area contributed by atoms with Crippen LogP contribution in [-0.4, -0.2) is 22.6 Å². The summed E-state index contributed by atoms with van der Waals surface area (Å²) >= 11 is 7.24. The van der Waals surface area contributed by atoms with Gasteiger partial charge in [-0.05, 0) is 30.3 Å². The summed E-state index contributed by atoms with van der Waals surface area (Å²) in [6.45, 7) is 0.141. The Morgan fingerprint density at radius 1 is 1.37 bits per heavy atom. The average molecular weight is 404 g/mol. The zero-order chi connectivity index (χ0) is 19.1. The van der Waals surface area contributed by atoms with E-state index in [0.29, 0.717) is 37.0 Å². The number of benzene rings is 2. The maximum atomic E-state index is 14.3. The van der Waals surface area contributed by atoms with Crippen molar-refractivity contribution < 1.29 is 13.9 Å². The van der Waals surface area contributed by atoms with E-state index in [1.807, 2.05) is 6.07 Å². The highest BCUT2D eigenvalue weighted by molar-refractivity contribution is 7.21. The van der Waals surface area contributed by atoms with Crippen molar-refractivity contribution in [1.82, 2.24) is 9.55 Å². The number of carbonyl (C=O) groups is 1. The van der Waals surface area contributed by atoms with Crippen molar-refractivity contribution in [2.24, 2.45) is 7.05 Å². The molecule has 4 aromatic rings. The number of halogens is 2. The number of nitrogens with one attached hydrogen (secondary N) is 1. The van der Waals surface area contributed by atoms with Crippen LogP contribution in [0.1, 0.15) is 15.2 Å². The van der Waals surface area contributed by atoms with Crippen molar-refractivity contribution >= 4 is 55.9 Å². The third-order valence-corrected chi connectivity index (χ3v) is 5.76. The molecule has 0 atom stereocenters. The molecule has 8 heteroatoms. The Morgan fingerprint density at radius 3 is 2.96 bits per heavy atom. The van der Waals surface area contributed by atoms with Gasteiger partial charge in [-0.2, -0.15) is 0 Å². The highest BCUT2D eigenvalue weighted by Gasteiger charge is 2.22. The number of fused-ring (bicyclic) bond motifs is 2. The number of aryl methyl sites for hydroxylation is 1. The average Bonchev–Trinajstić information content (AvgIpc) is 3.14. The maximum Gasteiger partial charge on any atom is 0.268 e. The number of hydrogen-bond donors (Lipinski definition) is 1. The lowest BCUT2D eigenvalue weighted by Gasteiger charge is -2.06. The van der Waals surface area contributed by atoms with E-state index in [4.69, 9.17) is 16.3 Å². The number of amides is 1. The summed E-state index contributed by atoms with van der Waals surface area (Å²) in [5, 5.41) is 3.81. The Labute approximate surface area is 163 Å². The van der Waals surface area contributed by atoms with Gasteiger partial charge in [-0.25, -0.2) is 9.37 Å². The molecule has 0 aliphatic rings. The fourth-order valence-corrected chi connectivity index (χ4v) is 4.36. The highest BCUT2D eigenvalue weighted by atomic mass is 35.5. The number of ether oxygens (including phenoxy) is 1. The summed E-state index contributed by atoms with van der Waals surface area (Å²) in [6, 6.07) is 10.1. The molecule has 27 heavy (non-hydrogen) atoms. The molecule has 0 spiro atoms. The Bertz CT molecular complexity index is 1180. The second kappa shape index (κ2) is 6.92. The number of nitrogens with zero attached hydrogens (tertiary/aromatic N) is 2. The van der Waals surface area contributed by atoms with Crippen LogP contribution in [0.5, 0.6) is 0 Å². The van der Waals surface area contributed by atoms with Crippen molar-refractivity contribution in [3.05, 3.63) is 57.7 Å². The number of thiophene rings is 1. The van der Waals surface area contributed by atoms with E-state index in [1.54, 1.807) is 35.9 Å². The molecule has 0 aliphatic carbocycles. The topological polar surface area (TPSA) is 56.1 Å². The van der Waals surface area contributed by atoms with Crippen molar-refractivity contribution in [2.45, 2.75) is 6.61 Å². The van der Waals surface area contributed by atoms with E-state index < -0.39 is 0 Å². The van der Waals surface area contributed by atoms with Gasteiger partial charge in [0.1, 0.15) is 5.82 Å². The van der Waals surface area contributed by atoms with E-state index in [1.165, 1.54) is 24.5 Å². The van der Waals surface area contributed by atoms with E-state index >= 15 is 0 Å². The fraction of sp³-hybridized carbons (Fsp3) is 0.158. The number of methoxy groups -OCH3 is 1. The van der Waals surface area contributed by atoms with E-state index in [0.717, 1.165) is 5.52 Å². The highest BCUT2D eigenvalue weighted by Crippen LogP contribution is 2.34. The third kappa shape index (κ3) is 3.07. The van der Waals surface area contributed by atoms with Crippen LogP contribution >= 0.6 is 22.9 Å². The Balaban J connectivity index is 1.76. The summed E-state index contributed by atoms with van der Waals surface area (Å²) in [7, 11) is 3.32. The minimum atomic E-state index is -0.368.